The average molecular weight is 280 g/mol. The van der Waals surface area contributed by atoms with E-state index in [-0.39, 0.29) is 11.0 Å². The molecule has 0 atom stereocenters. The summed E-state index contributed by atoms with van der Waals surface area (Å²) in [5, 5.41) is 0. The zero-order valence-electron chi connectivity index (χ0n) is 13.3. The third-order valence-electron chi connectivity index (χ3n) is 4.57. The van der Waals surface area contributed by atoms with Gasteiger partial charge in [0.15, 0.2) is 0 Å². The zero-order valence-corrected chi connectivity index (χ0v) is 13.3. The monoisotopic (exact) mass is 280 g/mol. The lowest BCUT2D eigenvalue weighted by Crippen LogP contribution is -2.31. The Balaban J connectivity index is 2.24. The van der Waals surface area contributed by atoms with E-state index >= 15 is 0 Å². The maximum absolute atomic E-state index is 14.4. The third kappa shape index (κ3) is 3.05. The predicted molar refractivity (Wildman–Crippen MR) is 80.0 cm³/mol. The quantitative estimate of drug-likeness (QED) is 0.653. The van der Waals surface area contributed by atoms with Crippen LogP contribution in [0.15, 0.2) is 24.3 Å². The third-order valence-corrected chi connectivity index (χ3v) is 4.57. The van der Waals surface area contributed by atoms with E-state index in [4.69, 9.17) is 0 Å². The second-order valence-corrected chi connectivity index (χ2v) is 7.96. The number of alkyl halides is 2. The van der Waals surface area contributed by atoms with Crippen molar-refractivity contribution in [3.05, 3.63) is 35.4 Å². The standard InChI is InChI=1S/C18H26F2/c1-16(2,3)18(19,20)15-8-6-7-13(11-15)12-17(4,5)14-9-10-14/h6-8,11,14H,9-10,12H2,1-5H3. The second kappa shape index (κ2) is 4.82. The van der Waals surface area contributed by atoms with Crippen LogP contribution in [-0.2, 0) is 12.3 Å². The number of halogens is 2. The van der Waals surface area contributed by atoms with E-state index in [0.717, 1.165) is 17.9 Å². The van der Waals surface area contributed by atoms with Crippen molar-refractivity contribution < 1.29 is 8.78 Å². The minimum absolute atomic E-state index is 0.147. The summed E-state index contributed by atoms with van der Waals surface area (Å²) >= 11 is 0. The van der Waals surface area contributed by atoms with E-state index in [1.54, 1.807) is 39.0 Å². The summed E-state index contributed by atoms with van der Waals surface area (Å²) in [5.74, 6) is -2.04. The lowest BCUT2D eigenvalue weighted by atomic mass is 9.79. The SMILES string of the molecule is CC(C)(Cc1cccc(C(F)(F)C(C)(C)C)c1)C1CC1. The summed E-state index contributed by atoms with van der Waals surface area (Å²) in [5.41, 5.74) is 0.338. The Morgan fingerprint density at radius 2 is 1.65 bits per heavy atom. The second-order valence-electron chi connectivity index (χ2n) is 7.96. The van der Waals surface area contributed by atoms with Crippen LogP contribution in [0.1, 0.15) is 58.6 Å². The van der Waals surface area contributed by atoms with Crippen LogP contribution in [0.2, 0.25) is 0 Å². The van der Waals surface area contributed by atoms with Gasteiger partial charge in [-0.1, -0.05) is 52.8 Å². The molecule has 20 heavy (non-hydrogen) atoms. The highest BCUT2D eigenvalue weighted by molar-refractivity contribution is 5.29. The molecule has 112 valence electrons. The highest BCUT2D eigenvalue weighted by Crippen LogP contribution is 2.48. The Morgan fingerprint density at radius 1 is 1.05 bits per heavy atom. The van der Waals surface area contributed by atoms with Crippen molar-refractivity contribution >= 4 is 0 Å². The maximum Gasteiger partial charge on any atom is 0.277 e. The molecule has 0 unspecified atom stereocenters. The van der Waals surface area contributed by atoms with Gasteiger partial charge in [-0.15, -0.1) is 0 Å². The van der Waals surface area contributed by atoms with Gasteiger partial charge in [0.1, 0.15) is 0 Å². The number of hydrogen-bond donors (Lipinski definition) is 0. The van der Waals surface area contributed by atoms with E-state index in [9.17, 15) is 8.78 Å². The molecule has 0 aliphatic heterocycles. The Hall–Kier alpha value is -0.920. The van der Waals surface area contributed by atoms with Crippen LogP contribution in [0.5, 0.6) is 0 Å². The smallest absolute Gasteiger partial charge is 0.201 e. The van der Waals surface area contributed by atoms with Crippen LogP contribution in [0.25, 0.3) is 0 Å². The molecule has 1 aliphatic carbocycles. The lowest BCUT2D eigenvalue weighted by Gasteiger charge is -2.31. The molecule has 1 aromatic carbocycles. The molecule has 2 heteroatoms. The molecule has 0 bridgehead atoms. The van der Waals surface area contributed by atoms with Crippen LogP contribution in [0.4, 0.5) is 8.78 Å². The highest BCUT2D eigenvalue weighted by Gasteiger charge is 2.45. The van der Waals surface area contributed by atoms with E-state index in [1.807, 2.05) is 6.07 Å². The van der Waals surface area contributed by atoms with Crippen molar-refractivity contribution in [2.75, 3.05) is 0 Å². The van der Waals surface area contributed by atoms with Crippen LogP contribution in [-0.4, -0.2) is 0 Å². The molecular formula is C18H26F2. The topological polar surface area (TPSA) is 0 Å². The van der Waals surface area contributed by atoms with Gasteiger partial charge in [0, 0.05) is 11.0 Å². The Morgan fingerprint density at radius 3 is 2.15 bits per heavy atom. The average Bonchev–Trinajstić information content (AvgIpc) is 3.11. The molecule has 0 spiro atoms. The molecule has 0 N–H and O–H groups in total. The van der Waals surface area contributed by atoms with Gasteiger partial charge in [0.05, 0.1) is 0 Å². The summed E-state index contributed by atoms with van der Waals surface area (Å²) in [7, 11) is 0. The number of rotatable bonds is 4. The summed E-state index contributed by atoms with van der Waals surface area (Å²) in [4.78, 5) is 0. The van der Waals surface area contributed by atoms with E-state index in [1.165, 1.54) is 12.8 Å². The first kappa shape index (κ1) is 15.5. The summed E-state index contributed by atoms with van der Waals surface area (Å²) < 4.78 is 28.9. The molecule has 0 radical (unpaired) electrons. The highest BCUT2D eigenvalue weighted by atomic mass is 19.3. The zero-order chi connectivity index (χ0) is 15.2. The fourth-order valence-corrected chi connectivity index (χ4v) is 2.84. The van der Waals surface area contributed by atoms with Crippen molar-refractivity contribution in [1.82, 2.24) is 0 Å². The van der Waals surface area contributed by atoms with Crippen molar-refractivity contribution in [1.29, 1.82) is 0 Å². The van der Waals surface area contributed by atoms with Gasteiger partial charge < -0.3 is 0 Å². The van der Waals surface area contributed by atoms with Gasteiger partial charge >= 0.3 is 0 Å². The van der Waals surface area contributed by atoms with Gasteiger partial charge in [0.2, 0.25) is 0 Å². The Kier molecular flexibility index (Phi) is 3.73. The van der Waals surface area contributed by atoms with Crippen molar-refractivity contribution in [2.45, 2.75) is 59.8 Å². The lowest BCUT2D eigenvalue weighted by molar-refractivity contribution is -0.104. The summed E-state index contributed by atoms with van der Waals surface area (Å²) in [6.45, 7) is 9.27. The summed E-state index contributed by atoms with van der Waals surface area (Å²) in [6.07, 6.45) is 3.45. The fraction of sp³-hybridized carbons (Fsp3) is 0.667. The van der Waals surface area contributed by atoms with E-state index < -0.39 is 11.3 Å². The molecule has 1 fully saturated rings. The van der Waals surface area contributed by atoms with Gasteiger partial charge in [-0.3, -0.25) is 0 Å². The Labute approximate surface area is 121 Å². The van der Waals surface area contributed by atoms with Crippen molar-refractivity contribution in [2.24, 2.45) is 16.7 Å². The van der Waals surface area contributed by atoms with Crippen molar-refractivity contribution in [3.63, 3.8) is 0 Å². The molecular weight excluding hydrogens is 254 g/mol. The van der Waals surface area contributed by atoms with Gasteiger partial charge in [-0.25, -0.2) is 8.78 Å². The number of benzene rings is 1. The molecule has 0 aromatic heterocycles. The molecule has 1 aliphatic rings. The van der Waals surface area contributed by atoms with Crippen LogP contribution in [0, 0.1) is 16.7 Å². The maximum atomic E-state index is 14.4. The van der Waals surface area contributed by atoms with Gasteiger partial charge in [-0.05, 0) is 42.2 Å². The minimum atomic E-state index is -2.80. The molecule has 0 nitrogen and oxygen atoms in total. The van der Waals surface area contributed by atoms with E-state index in [0.29, 0.717) is 0 Å². The first-order valence-electron chi connectivity index (χ1n) is 7.51. The molecule has 1 aromatic rings. The minimum Gasteiger partial charge on any atom is -0.201 e. The van der Waals surface area contributed by atoms with Crippen molar-refractivity contribution in [3.8, 4) is 0 Å². The largest absolute Gasteiger partial charge is 0.277 e. The molecule has 0 heterocycles. The predicted octanol–water partition coefficient (Wildman–Crippen LogP) is 5.80. The first-order valence-corrected chi connectivity index (χ1v) is 7.51. The van der Waals surface area contributed by atoms with Gasteiger partial charge in [-0.2, -0.15) is 0 Å². The van der Waals surface area contributed by atoms with Gasteiger partial charge in [0.25, 0.3) is 5.92 Å². The molecule has 2 rings (SSSR count). The fourth-order valence-electron chi connectivity index (χ4n) is 2.84. The molecule has 0 amide bonds. The first-order chi connectivity index (χ1) is 9.04. The molecule has 1 saturated carbocycles. The van der Waals surface area contributed by atoms with Crippen LogP contribution < -0.4 is 0 Å². The van der Waals surface area contributed by atoms with E-state index in [2.05, 4.69) is 13.8 Å². The Bertz CT molecular complexity index is 476. The van der Waals surface area contributed by atoms with Crippen LogP contribution in [0.3, 0.4) is 0 Å². The number of hydrogen-bond acceptors (Lipinski definition) is 0. The normalized spacial score (nSPS) is 17.4. The molecule has 0 saturated heterocycles. The van der Waals surface area contributed by atoms with Crippen LogP contribution >= 0.6 is 0 Å². The summed E-state index contributed by atoms with van der Waals surface area (Å²) in [6, 6.07) is 7.01.